The Morgan fingerprint density at radius 3 is 2.29 bits per heavy atom. The molecule has 0 bridgehead atoms. The number of phenolic OH excluding ortho intramolecular Hbond substituents is 1. The molecule has 2 rings (SSSR count). The Balaban J connectivity index is 0.00000144. The molecule has 4 nitrogen and oxygen atoms in total. The number of aromatic hydroxyl groups is 1. The van der Waals surface area contributed by atoms with E-state index in [4.69, 9.17) is 9.47 Å². The first-order valence-corrected chi connectivity index (χ1v) is 6.11. The van der Waals surface area contributed by atoms with Gasteiger partial charge in [-0.25, -0.2) is 0 Å². The Hall–Kier alpha value is -0.780. The minimum atomic E-state index is 0. The first kappa shape index (κ1) is 14.3. The SMILES string of the molecule is COc1cc(C2NCCS2)cc(OC)c1O.Cl. The van der Waals surface area contributed by atoms with Gasteiger partial charge in [0.05, 0.1) is 19.6 Å². The van der Waals surface area contributed by atoms with Crippen molar-refractivity contribution in [1.29, 1.82) is 0 Å². The van der Waals surface area contributed by atoms with Crippen LogP contribution in [0.1, 0.15) is 10.9 Å². The molecule has 0 aliphatic carbocycles. The van der Waals surface area contributed by atoms with Gasteiger partial charge in [0.25, 0.3) is 0 Å². The molecule has 0 saturated carbocycles. The number of thioether (sulfide) groups is 1. The lowest BCUT2D eigenvalue weighted by Crippen LogP contribution is -2.12. The zero-order valence-electron chi connectivity index (χ0n) is 9.73. The quantitative estimate of drug-likeness (QED) is 0.887. The maximum absolute atomic E-state index is 9.78. The van der Waals surface area contributed by atoms with Crippen LogP contribution >= 0.6 is 24.2 Å². The highest BCUT2D eigenvalue weighted by Crippen LogP contribution is 2.41. The Labute approximate surface area is 111 Å². The standard InChI is InChI=1S/C11H15NO3S.ClH/c1-14-8-5-7(11-12-3-4-16-11)6-9(15-2)10(8)13;/h5-6,11-13H,3-4H2,1-2H3;1H. The van der Waals surface area contributed by atoms with Crippen LogP contribution in [0.25, 0.3) is 0 Å². The minimum Gasteiger partial charge on any atom is -0.502 e. The van der Waals surface area contributed by atoms with E-state index in [0.717, 1.165) is 17.9 Å². The molecule has 1 aliphatic heterocycles. The fraction of sp³-hybridized carbons (Fsp3) is 0.455. The molecule has 0 aromatic heterocycles. The third-order valence-electron chi connectivity index (χ3n) is 2.52. The summed E-state index contributed by atoms with van der Waals surface area (Å²) in [4.78, 5) is 0. The Bertz CT molecular complexity index is 358. The topological polar surface area (TPSA) is 50.7 Å². The summed E-state index contributed by atoms with van der Waals surface area (Å²) < 4.78 is 10.2. The Morgan fingerprint density at radius 2 is 1.88 bits per heavy atom. The highest BCUT2D eigenvalue weighted by atomic mass is 35.5. The summed E-state index contributed by atoms with van der Waals surface area (Å²) in [5.74, 6) is 2.04. The van der Waals surface area contributed by atoms with E-state index in [9.17, 15) is 5.11 Å². The van der Waals surface area contributed by atoms with Gasteiger partial charge < -0.3 is 19.9 Å². The monoisotopic (exact) mass is 277 g/mol. The molecule has 1 aromatic rings. The molecule has 1 aromatic carbocycles. The van der Waals surface area contributed by atoms with Crippen LogP contribution < -0.4 is 14.8 Å². The number of nitrogens with one attached hydrogen (secondary N) is 1. The van der Waals surface area contributed by atoms with E-state index in [2.05, 4.69) is 5.32 Å². The first-order chi connectivity index (χ1) is 7.76. The second kappa shape index (κ2) is 6.23. The molecule has 0 amide bonds. The van der Waals surface area contributed by atoms with Crippen molar-refractivity contribution in [3.8, 4) is 17.2 Å². The van der Waals surface area contributed by atoms with Gasteiger partial charge in [0.2, 0.25) is 5.75 Å². The molecule has 0 spiro atoms. The van der Waals surface area contributed by atoms with Crippen molar-refractivity contribution in [3.05, 3.63) is 17.7 Å². The second-order valence-electron chi connectivity index (χ2n) is 3.48. The number of benzene rings is 1. The summed E-state index contributed by atoms with van der Waals surface area (Å²) in [6, 6.07) is 3.68. The number of hydrogen-bond acceptors (Lipinski definition) is 5. The normalized spacial score (nSPS) is 18.6. The van der Waals surface area contributed by atoms with E-state index in [0.29, 0.717) is 11.5 Å². The maximum Gasteiger partial charge on any atom is 0.200 e. The second-order valence-corrected chi connectivity index (χ2v) is 4.69. The first-order valence-electron chi connectivity index (χ1n) is 5.06. The zero-order valence-corrected chi connectivity index (χ0v) is 11.4. The predicted octanol–water partition coefficient (Wildman–Crippen LogP) is 2.17. The Kier molecular flexibility index (Phi) is 5.24. The van der Waals surface area contributed by atoms with E-state index in [1.54, 1.807) is 0 Å². The lowest BCUT2D eigenvalue weighted by atomic mass is 10.1. The van der Waals surface area contributed by atoms with Gasteiger partial charge in [-0.3, -0.25) is 0 Å². The molecule has 17 heavy (non-hydrogen) atoms. The molecule has 1 atom stereocenters. The zero-order chi connectivity index (χ0) is 11.5. The molecular weight excluding hydrogens is 262 g/mol. The molecule has 6 heteroatoms. The van der Waals surface area contributed by atoms with E-state index in [1.807, 2.05) is 23.9 Å². The van der Waals surface area contributed by atoms with Crippen molar-refractivity contribution < 1.29 is 14.6 Å². The lowest BCUT2D eigenvalue weighted by molar-refractivity contribution is 0.339. The van der Waals surface area contributed by atoms with Crippen LogP contribution in [0.2, 0.25) is 0 Å². The molecule has 1 aliphatic rings. The molecule has 1 saturated heterocycles. The molecule has 1 heterocycles. The van der Waals surface area contributed by atoms with Gasteiger partial charge in [-0.05, 0) is 17.7 Å². The van der Waals surface area contributed by atoms with Gasteiger partial charge in [0.1, 0.15) is 0 Å². The van der Waals surface area contributed by atoms with Crippen LogP contribution in [-0.4, -0.2) is 31.6 Å². The number of phenols is 1. The van der Waals surface area contributed by atoms with Gasteiger partial charge in [-0.1, -0.05) is 0 Å². The molecule has 1 fully saturated rings. The van der Waals surface area contributed by atoms with Crippen LogP contribution in [0, 0.1) is 0 Å². The van der Waals surface area contributed by atoms with E-state index in [1.165, 1.54) is 14.2 Å². The summed E-state index contributed by atoms with van der Waals surface area (Å²) in [7, 11) is 3.07. The van der Waals surface area contributed by atoms with Crippen LogP contribution in [0.3, 0.4) is 0 Å². The van der Waals surface area contributed by atoms with Crippen LogP contribution in [-0.2, 0) is 0 Å². The fourth-order valence-corrected chi connectivity index (χ4v) is 2.74. The highest BCUT2D eigenvalue weighted by molar-refractivity contribution is 7.99. The molecular formula is C11H16ClNO3S. The molecule has 96 valence electrons. The molecule has 1 unspecified atom stereocenters. The maximum atomic E-state index is 9.78. The van der Waals surface area contributed by atoms with Gasteiger partial charge in [-0.15, -0.1) is 24.2 Å². The number of methoxy groups -OCH3 is 2. The number of rotatable bonds is 3. The van der Waals surface area contributed by atoms with Gasteiger partial charge in [0.15, 0.2) is 11.5 Å². The van der Waals surface area contributed by atoms with Crippen molar-refractivity contribution in [2.45, 2.75) is 5.37 Å². The predicted molar refractivity (Wildman–Crippen MR) is 71.7 cm³/mol. The van der Waals surface area contributed by atoms with Gasteiger partial charge >= 0.3 is 0 Å². The summed E-state index contributed by atoms with van der Waals surface area (Å²) in [6.07, 6.45) is 0. The Morgan fingerprint density at radius 1 is 1.29 bits per heavy atom. The average molecular weight is 278 g/mol. The van der Waals surface area contributed by atoms with Crippen LogP contribution in [0.5, 0.6) is 17.2 Å². The third-order valence-corrected chi connectivity index (χ3v) is 3.73. The minimum absolute atomic E-state index is 0. The van der Waals surface area contributed by atoms with Gasteiger partial charge in [-0.2, -0.15) is 0 Å². The summed E-state index contributed by atoms with van der Waals surface area (Å²) in [5, 5.41) is 13.4. The van der Waals surface area contributed by atoms with E-state index >= 15 is 0 Å². The molecule has 2 N–H and O–H groups in total. The largest absolute Gasteiger partial charge is 0.502 e. The summed E-state index contributed by atoms with van der Waals surface area (Å²) >= 11 is 1.84. The number of halogens is 1. The van der Waals surface area contributed by atoms with Crippen molar-refractivity contribution in [1.82, 2.24) is 5.32 Å². The molecule has 0 radical (unpaired) electrons. The third kappa shape index (κ3) is 2.91. The van der Waals surface area contributed by atoms with Crippen LogP contribution in [0.4, 0.5) is 0 Å². The van der Waals surface area contributed by atoms with Gasteiger partial charge in [0, 0.05) is 12.3 Å². The number of ether oxygens (including phenoxy) is 2. The number of hydrogen-bond donors (Lipinski definition) is 2. The summed E-state index contributed by atoms with van der Waals surface area (Å²) in [5.41, 5.74) is 1.06. The lowest BCUT2D eigenvalue weighted by Gasteiger charge is -2.14. The van der Waals surface area contributed by atoms with Crippen molar-refractivity contribution in [2.75, 3.05) is 26.5 Å². The average Bonchev–Trinajstić information content (AvgIpc) is 2.83. The summed E-state index contributed by atoms with van der Waals surface area (Å²) in [6.45, 7) is 1.00. The highest BCUT2D eigenvalue weighted by Gasteiger charge is 2.20. The smallest absolute Gasteiger partial charge is 0.200 e. The van der Waals surface area contributed by atoms with Crippen molar-refractivity contribution in [3.63, 3.8) is 0 Å². The van der Waals surface area contributed by atoms with Crippen molar-refractivity contribution >= 4 is 24.2 Å². The van der Waals surface area contributed by atoms with E-state index in [-0.39, 0.29) is 23.5 Å². The van der Waals surface area contributed by atoms with E-state index < -0.39 is 0 Å². The van der Waals surface area contributed by atoms with Crippen molar-refractivity contribution in [2.24, 2.45) is 0 Å². The fourth-order valence-electron chi connectivity index (χ4n) is 1.70. The van der Waals surface area contributed by atoms with Crippen LogP contribution in [0.15, 0.2) is 12.1 Å².